The molecule has 0 aromatic carbocycles. The van der Waals surface area contributed by atoms with E-state index in [1.807, 2.05) is 21.1 Å². The number of hydrogen-bond donors (Lipinski definition) is 0. The molecule has 0 radical (unpaired) electrons. The van der Waals surface area contributed by atoms with E-state index in [-0.39, 0.29) is 32.0 Å². The highest BCUT2D eigenvalue weighted by molar-refractivity contribution is 7.45. The van der Waals surface area contributed by atoms with Gasteiger partial charge in [0.25, 0.3) is 7.82 Å². The maximum Gasteiger partial charge on any atom is 0.306 e. The van der Waals surface area contributed by atoms with Gasteiger partial charge in [0.05, 0.1) is 27.7 Å². The lowest BCUT2D eigenvalue weighted by molar-refractivity contribution is -0.870. The van der Waals surface area contributed by atoms with Crippen LogP contribution in [-0.4, -0.2) is 70.0 Å². The number of hydrogen-bond acceptors (Lipinski definition) is 8. The molecule has 0 saturated heterocycles. The van der Waals surface area contributed by atoms with Crippen molar-refractivity contribution < 1.29 is 42.1 Å². The smallest absolute Gasteiger partial charge is 0.306 e. The summed E-state index contributed by atoms with van der Waals surface area (Å²) in [6, 6.07) is 0. The lowest BCUT2D eigenvalue weighted by Crippen LogP contribution is -2.37. The molecule has 0 bridgehead atoms. The molecule has 0 heterocycles. The number of ether oxygens (including phenoxy) is 2. The molecule has 0 spiro atoms. The summed E-state index contributed by atoms with van der Waals surface area (Å²) in [5.41, 5.74) is 0. The maximum atomic E-state index is 12.7. The molecule has 0 N–H and O–H groups in total. The second-order valence-electron chi connectivity index (χ2n) is 17.8. The minimum atomic E-state index is -4.61. The third kappa shape index (κ3) is 44.4. The van der Waals surface area contributed by atoms with Gasteiger partial charge in [0.1, 0.15) is 19.8 Å². The predicted octanol–water partition coefficient (Wildman–Crippen LogP) is 13.3. The van der Waals surface area contributed by atoms with Crippen LogP contribution in [0.3, 0.4) is 0 Å². The SMILES string of the molecule is CCCCCCCCCCCCCCCCCCCCCCCCCCCCC(=O)OC(COC(=O)CCCCCCCCC)COP(=O)([O-])OCC[N+](C)(C)C. The van der Waals surface area contributed by atoms with Gasteiger partial charge in [-0.25, -0.2) is 0 Å². The van der Waals surface area contributed by atoms with Gasteiger partial charge in [-0.15, -0.1) is 0 Å². The summed E-state index contributed by atoms with van der Waals surface area (Å²) < 4.78 is 33.8. The van der Waals surface area contributed by atoms with Crippen LogP contribution in [0.1, 0.15) is 239 Å². The predicted molar refractivity (Wildman–Crippen MR) is 236 cm³/mol. The Bertz CT molecular complexity index is 943. The van der Waals surface area contributed by atoms with E-state index in [9.17, 15) is 19.0 Å². The molecule has 0 aromatic rings. The number of unbranched alkanes of at least 4 members (excludes halogenated alkanes) is 31. The minimum Gasteiger partial charge on any atom is -0.756 e. The molecule has 0 fully saturated rings. The zero-order valence-electron chi connectivity index (χ0n) is 38.3. The van der Waals surface area contributed by atoms with Crippen molar-refractivity contribution in [1.82, 2.24) is 0 Å². The Hall–Kier alpha value is -0.990. The van der Waals surface area contributed by atoms with E-state index in [0.717, 1.165) is 32.1 Å². The molecule has 0 aliphatic carbocycles. The van der Waals surface area contributed by atoms with E-state index in [1.54, 1.807) is 0 Å². The molecular formula is C47H94NO8P. The summed E-state index contributed by atoms with van der Waals surface area (Å²) in [5, 5.41) is 0. The van der Waals surface area contributed by atoms with Crippen LogP contribution in [0.5, 0.6) is 0 Å². The molecule has 2 atom stereocenters. The number of rotatable bonds is 45. The van der Waals surface area contributed by atoms with Crippen LogP contribution in [0.15, 0.2) is 0 Å². The van der Waals surface area contributed by atoms with Gasteiger partial charge < -0.3 is 27.9 Å². The van der Waals surface area contributed by atoms with Gasteiger partial charge in [-0.3, -0.25) is 14.2 Å². The molecule has 0 amide bonds. The van der Waals surface area contributed by atoms with Crippen molar-refractivity contribution in [1.29, 1.82) is 0 Å². The summed E-state index contributed by atoms with van der Waals surface area (Å²) in [6.45, 7) is 4.22. The van der Waals surface area contributed by atoms with Crippen LogP contribution in [0, 0.1) is 0 Å². The van der Waals surface area contributed by atoms with Crippen LogP contribution in [-0.2, 0) is 32.7 Å². The van der Waals surface area contributed by atoms with Crippen molar-refractivity contribution in [3.05, 3.63) is 0 Å². The standard InChI is InChI=1S/C47H94NO8P/c1-6-8-10-12-14-15-16-17-18-19-20-21-22-23-24-25-26-27-28-29-30-31-32-34-36-38-40-47(50)56-45(44-55-57(51,52)54-42-41-48(3,4)5)43-53-46(49)39-37-35-33-13-11-9-7-2/h45H,6-44H2,1-5H3. The summed E-state index contributed by atoms with van der Waals surface area (Å²) in [5.74, 6) is -0.827. The first-order valence-electron chi connectivity index (χ1n) is 24.2. The quantitative estimate of drug-likeness (QED) is 0.0258. The van der Waals surface area contributed by atoms with E-state index in [1.165, 1.54) is 173 Å². The number of carbonyl (C=O) groups is 2. The minimum absolute atomic E-state index is 0.0260. The Kier molecular flexibility index (Phi) is 39.7. The first kappa shape index (κ1) is 56.0. The van der Waals surface area contributed by atoms with Crippen LogP contribution >= 0.6 is 7.82 Å². The van der Waals surface area contributed by atoms with Crippen molar-refractivity contribution >= 4 is 19.8 Å². The normalized spacial score (nSPS) is 13.4. The number of nitrogens with zero attached hydrogens (tertiary/aromatic N) is 1. The fourth-order valence-corrected chi connectivity index (χ4v) is 7.80. The third-order valence-electron chi connectivity index (χ3n) is 10.9. The Labute approximate surface area is 353 Å². The summed E-state index contributed by atoms with van der Waals surface area (Å²) in [6.07, 6.45) is 41.7. The summed E-state index contributed by atoms with van der Waals surface area (Å²) in [4.78, 5) is 37.4. The van der Waals surface area contributed by atoms with Crippen LogP contribution < -0.4 is 4.89 Å². The van der Waals surface area contributed by atoms with Crippen LogP contribution in [0.25, 0.3) is 0 Å². The number of phosphoric acid groups is 1. The van der Waals surface area contributed by atoms with Crippen molar-refractivity contribution in [2.45, 2.75) is 245 Å². The van der Waals surface area contributed by atoms with Gasteiger partial charge in [0, 0.05) is 12.8 Å². The molecule has 0 saturated carbocycles. The van der Waals surface area contributed by atoms with Crippen molar-refractivity contribution in [2.24, 2.45) is 0 Å². The number of carbonyl (C=O) groups excluding carboxylic acids is 2. The largest absolute Gasteiger partial charge is 0.756 e. The second kappa shape index (κ2) is 40.4. The van der Waals surface area contributed by atoms with Gasteiger partial charge in [-0.05, 0) is 12.8 Å². The molecule has 9 nitrogen and oxygen atoms in total. The van der Waals surface area contributed by atoms with Crippen LogP contribution in [0.2, 0.25) is 0 Å². The Morgan fingerprint density at radius 3 is 1.12 bits per heavy atom. The van der Waals surface area contributed by atoms with Crippen molar-refractivity contribution in [2.75, 3.05) is 47.5 Å². The molecule has 0 aromatic heterocycles. The highest BCUT2D eigenvalue weighted by Crippen LogP contribution is 2.38. The molecule has 0 aliphatic heterocycles. The highest BCUT2D eigenvalue weighted by Gasteiger charge is 2.21. The first-order chi connectivity index (χ1) is 27.5. The molecule has 57 heavy (non-hydrogen) atoms. The molecule has 0 aliphatic rings. The fourth-order valence-electron chi connectivity index (χ4n) is 7.07. The van der Waals surface area contributed by atoms with Crippen LogP contribution in [0.4, 0.5) is 0 Å². The van der Waals surface area contributed by atoms with Crippen molar-refractivity contribution in [3.8, 4) is 0 Å². The highest BCUT2D eigenvalue weighted by atomic mass is 31.2. The van der Waals surface area contributed by atoms with Crippen molar-refractivity contribution in [3.63, 3.8) is 0 Å². The van der Waals surface area contributed by atoms with E-state index in [4.69, 9.17) is 18.5 Å². The van der Waals surface area contributed by atoms with E-state index >= 15 is 0 Å². The Morgan fingerprint density at radius 2 is 0.789 bits per heavy atom. The number of quaternary nitrogens is 1. The molecule has 2 unspecified atom stereocenters. The van der Waals surface area contributed by atoms with E-state index in [2.05, 4.69) is 13.8 Å². The molecule has 0 rings (SSSR count). The number of phosphoric ester groups is 1. The monoisotopic (exact) mass is 832 g/mol. The lowest BCUT2D eigenvalue weighted by Gasteiger charge is -2.28. The average molecular weight is 832 g/mol. The summed E-state index contributed by atoms with van der Waals surface area (Å²) in [7, 11) is 1.18. The molecular weight excluding hydrogens is 737 g/mol. The fraction of sp³-hybridized carbons (Fsp3) is 0.957. The average Bonchev–Trinajstić information content (AvgIpc) is 3.16. The number of likely N-dealkylation sites (N-methyl/N-ethyl adjacent to an activating group) is 1. The van der Waals surface area contributed by atoms with E-state index in [0.29, 0.717) is 17.4 Å². The van der Waals surface area contributed by atoms with Gasteiger partial charge in [-0.1, -0.05) is 213 Å². The third-order valence-corrected chi connectivity index (χ3v) is 11.8. The number of esters is 2. The lowest BCUT2D eigenvalue weighted by atomic mass is 10.0. The molecule has 340 valence electrons. The second-order valence-corrected chi connectivity index (χ2v) is 19.3. The first-order valence-corrected chi connectivity index (χ1v) is 25.7. The van der Waals surface area contributed by atoms with Gasteiger partial charge >= 0.3 is 11.9 Å². The topological polar surface area (TPSA) is 111 Å². The summed E-state index contributed by atoms with van der Waals surface area (Å²) >= 11 is 0. The Balaban J connectivity index is 3.99. The molecule has 10 heteroatoms. The van der Waals surface area contributed by atoms with Gasteiger partial charge in [0.2, 0.25) is 0 Å². The zero-order chi connectivity index (χ0) is 42.1. The Morgan fingerprint density at radius 1 is 0.474 bits per heavy atom. The van der Waals surface area contributed by atoms with Gasteiger partial charge in [0.15, 0.2) is 6.10 Å². The maximum absolute atomic E-state index is 12.7. The van der Waals surface area contributed by atoms with E-state index < -0.39 is 26.5 Å². The van der Waals surface area contributed by atoms with Gasteiger partial charge in [-0.2, -0.15) is 0 Å². The zero-order valence-corrected chi connectivity index (χ0v) is 39.2.